The predicted molar refractivity (Wildman–Crippen MR) is 74.3 cm³/mol. The number of nitrogens with zero attached hydrogens (tertiary/aromatic N) is 3. The van der Waals surface area contributed by atoms with Crippen LogP contribution >= 0.6 is 0 Å². The van der Waals surface area contributed by atoms with Crippen molar-refractivity contribution in [2.45, 2.75) is 58.0 Å². The first-order valence-electron chi connectivity index (χ1n) is 7.62. The third kappa shape index (κ3) is 3.24. The van der Waals surface area contributed by atoms with E-state index in [4.69, 9.17) is 5.26 Å². The second-order valence-electron chi connectivity index (χ2n) is 6.04. The molecule has 1 atom stereocenters. The quantitative estimate of drug-likeness (QED) is 0.770. The third-order valence-electron chi connectivity index (χ3n) is 4.83. The molecule has 1 unspecified atom stereocenters. The van der Waals surface area contributed by atoms with Gasteiger partial charge in [0.1, 0.15) is 0 Å². The molecule has 18 heavy (non-hydrogen) atoms. The van der Waals surface area contributed by atoms with Crippen LogP contribution in [-0.4, -0.2) is 48.1 Å². The molecule has 0 N–H and O–H groups in total. The van der Waals surface area contributed by atoms with Crippen molar-refractivity contribution < 1.29 is 0 Å². The Morgan fingerprint density at radius 3 is 2.22 bits per heavy atom. The van der Waals surface area contributed by atoms with Crippen LogP contribution in [0.4, 0.5) is 0 Å². The van der Waals surface area contributed by atoms with Crippen LogP contribution in [0.15, 0.2) is 0 Å². The van der Waals surface area contributed by atoms with Crippen LogP contribution in [0.25, 0.3) is 0 Å². The van der Waals surface area contributed by atoms with Gasteiger partial charge in [-0.25, -0.2) is 0 Å². The zero-order valence-corrected chi connectivity index (χ0v) is 11.9. The number of hydrogen-bond donors (Lipinski definition) is 0. The highest BCUT2D eigenvalue weighted by atomic mass is 15.3. The Labute approximate surface area is 112 Å². The molecule has 0 spiro atoms. The summed E-state index contributed by atoms with van der Waals surface area (Å²) in [5.74, 6) is 0.936. The second-order valence-corrected chi connectivity index (χ2v) is 6.04. The Bertz CT molecular complexity index is 281. The van der Waals surface area contributed by atoms with E-state index in [9.17, 15) is 0 Å². The van der Waals surface area contributed by atoms with Gasteiger partial charge in [-0.05, 0) is 38.0 Å². The topological polar surface area (TPSA) is 30.3 Å². The van der Waals surface area contributed by atoms with Gasteiger partial charge in [-0.2, -0.15) is 5.26 Å². The minimum atomic E-state index is 0.138. The maximum Gasteiger partial charge on any atom is 0.0976 e. The zero-order valence-electron chi connectivity index (χ0n) is 11.9. The first-order chi connectivity index (χ1) is 8.74. The first kappa shape index (κ1) is 13.8. The van der Waals surface area contributed by atoms with Gasteiger partial charge in [0.15, 0.2) is 0 Å². The molecule has 0 radical (unpaired) electrons. The van der Waals surface area contributed by atoms with Crippen LogP contribution in [0.1, 0.15) is 46.0 Å². The van der Waals surface area contributed by atoms with Crippen molar-refractivity contribution in [2.75, 3.05) is 26.2 Å². The molecule has 0 aromatic carbocycles. The summed E-state index contributed by atoms with van der Waals surface area (Å²) >= 11 is 0. The lowest BCUT2D eigenvalue weighted by Crippen LogP contribution is -2.53. The second kappa shape index (κ2) is 6.54. The molecule has 1 heterocycles. The fourth-order valence-electron chi connectivity index (χ4n) is 3.45. The fraction of sp³-hybridized carbons (Fsp3) is 0.933. The summed E-state index contributed by atoms with van der Waals surface area (Å²) in [5.41, 5.74) is 0. The summed E-state index contributed by atoms with van der Waals surface area (Å²) in [4.78, 5) is 5.04. The number of piperazine rings is 1. The summed E-state index contributed by atoms with van der Waals surface area (Å²) in [6.45, 7) is 8.99. The van der Waals surface area contributed by atoms with Crippen molar-refractivity contribution in [3.8, 4) is 6.07 Å². The van der Waals surface area contributed by atoms with Gasteiger partial charge in [0.2, 0.25) is 0 Å². The molecule has 2 fully saturated rings. The highest BCUT2D eigenvalue weighted by Gasteiger charge is 2.28. The summed E-state index contributed by atoms with van der Waals surface area (Å²) in [6, 6.07) is 3.39. The molecule has 2 rings (SSSR count). The summed E-state index contributed by atoms with van der Waals surface area (Å²) in [5, 5.41) is 9.12. The molecule has 102 valence electrons. The van der Waals surface area contributed by atoms with Gasteiger partial charge < -0.3 is 0 Å². The van der Waals surface area contributed by atoms with E-state index in [1.54, 1.807) is 0 Å². The van der Waals surface area contributed by atoms with E-state index in [1.165, 1.54) is 25.7 Å². The number of hydrogen-bond acceptors (Lipinski definition) is 3. The largest absolute Gasteiger partial charge is 0.298 e. The zero-order chi connectivity index (χ0) is 13.0. The van der Waals surface area contributed by atoms with Crippen LogP contribution < -0.4 is 0 Å². The Hall–Kier alpha value is -0.590. The molecule has 1 aliphatic carbocycles. The Kier molecular flexibility index (Phi) is 5.03. The van der Waals surface area contributed by atoms with Gasteiger partial charge in [0, 0.05) is 32.2 Å². The van der Waals surface area contributed by atoms with Crippen LogP contribution in [0.5, 0.6) is 0 Å². The highest BCUT2D eigenvalue weighted by molar-refractivity contribution is 4.93. The third-order valence-corrected chi connectivity index (χ3v) is 4.83. The highest BCUT2D eigenvalue weighted by Crippen LogP contribution is 2.27. The van der Waals surface area contributed by atoms with E-state index in [0.29, 0.717) is 0 Å². The van der Waals surface area contributed by atoms with Crippen molar-refractivity contribution in [3.05, 3.63) is 0 Å². The van der Waals surface area contributed by atoms with Crippen molar-refractivity contribution in [1.29, 1.82) is 5.26 Å². The van der Waals surface area contributed by atoms with E-state index < -0.39 is 0 Å². The SMILES string of the molecule is CCC(C#N)N1CCN(C2CCC(C)CC2)CC1. The Morgan fingerprint density at radius 1 is 1.11 bits per heavy atom. The van der Waals surface area contributed by atoms with E-state index in [-0.39, 0.29) is 6.04 Å². The summed E-state index contributed by atoms with van der Waals surface area (Å²) in [7, 11) is 0. The Morgan fingerprint density at radius 2 is 1.72 bits per heavy atom. The van der Waals surface area contributed by atoms with Gasteiger partial charge in [0.05, 0.1) is 12.1 Å². The van der Waals surface area contributed by atoms with Crippen molar-refractivity contribution in [3.63, 3.8) is 0 Å². The molecule has 1 saturated carbocycles. The lowest BCUT2D eigenvalue weighted by molar-refractivity contribution is 0.0612. The normalized spacial score (nSPS) is 32.9. The van der Waals surface area contributed by atoms with E-state index in [1.807, 2.05) is 0 Å². The molecular formula is C15H27N3. The van der Waals surface area contributed by atoms with Gasteiger partial charge in [-0.1, -0.05) is 13.8 Å². The van der Waals surface area contributed by atoms with Crippen molar-refractivity contribution in [2.24, 2.45) is 5.92 Å². The van der Waals surface area contributed by atoms with Crippen LogP contribution in [0.3, 0.4) is 0 Å². The smallest absolute Gasteiger partial charge is 0.0976 e. The van der Waals surface area contributed by atoms with E-state index in [0.717, 1.165) is 44.6 Å². The molecule has 1 aliphatic heterocycles. The summed E-state index contributed by atoms with van der Waals surface area (Å²) < 4.78 is 0. The molecular weight excluding hydrogens is 222 g/mol. The predicted octanol–water partition coefficient (Wildman–Crippen LogP) is 2.48. The van der Waals surface area contributed by atoms with Gasteiger partial charge in [-0.15, -0.1) is 0 Å². The molecule has 3 nitrogen and oxygen atoms in total. The molecule has 0 bridgehead atoms. The van der Waals surface area contributed by atoms with Crippen molar-refractivity contribution >= 4 is 0 Å². The van der Waals surface area contributed by atoms with Crippen molar-refractivity contribution in [1.82, 2.24) is 9.80 Å². The number of nitriles is 1. The monoisotopic (exact) mass is 249 g/mol. The lowest BCUT2D eigenvalue weighted by Gasteiger charge is -2.42. The minimum Gasteiger partial charge on any atom is -0.298 e. The first-order valence-corrected chi connectivity index (χ1v) is 7.62. The molecule has 3 heteroatoms. The van der Waals surface area contributed by atoms with Crippen LogP contribution in [-0.2, 0) is 0 Å². The fourth-order valence-corrected chi connectivity index (χ4v) is 3.45. The Balaban J connectivity index is 1.78. The minimum absolute atomic E-state index is 0.138. The maximum absolute atomic E-state index is 9.12. The van der Waals surface area contributed by atoms with E-state index >= 15 is 0 Å². The molecule has 0 amide bonds. The van der Waals surface area contributed by atoms with Gasteiger partial charge in [0.25, 0.3) is 0 Å². The molecule has 0 aromatic rings. The average Bonchev–Trinajstić information content (AvgIpc) is 2.42. The van der Waals surface area contributed by atoms with Crippen LogP contribution in [0.2, 0.25) is 0 Å². The lowest BCUT2D eigenvalue weighted by atomic mass is 9.86. The van der Waals surface area contributed by atoms with Gasteiger partial charge >= 0.3 is 0 Å². The molecule has 1 saturated heterocycles. The van der Waals surface area contributed by atoms with Crippen LogP contribution in [0, 0.1) is 17.2 Å². The standard InChI is InChI=1S/C15H27N3/c1-3-14(12-16)17-8-10-18(11-9-17)15-6-4-13(2)5-7-15/h13-15H,3-11H2,1-2H3. The average molecular weight is 249 g/mol. The molecule has 0 aromatic heterocycles. The summed E-state index contributed by atoms with van der Waals surface area (Å²) in [6.07, 6.45) is 6.53. The van der Waals surface area contributed by atoms with E-state index in [2.05, 4.69) is 29.7 Å². The van der Waals surface area contributed by atoms with Gasteiger partial charge in [-0.3, -0.25) is 9.80 Å². The maximum atomic E-state index is 9.12. The number of rotatable bonds is 3. The molecule has 2 aliphatic rings.